The first-order chi connectivity index (χ1) is 34.0. The number of aliphatic hydroxyl groups is 7. The molecule has 11 unspecified atom stereocenters. The third kappa shape index (κ3) is 29.4. The number of carbonyl (C=O) groups is 2. The standard InChI is InChI=1S/C55H98O15/c1-3-5-7-9-11-13-15-17-18-19-20-21-22-23-24-26-27-29-31-33-35-37-46(57)65-40-43(68-47(58)38-36-34-32-30-28-25-16-14-12-10-8-6-4-2)41-66-54-53(64)51(62)49(60)45(70-54)42-67-55-52(63)50(61)48(59)44(39-56)69-55/h6,8,12,14,25,28,43-45,48-56,59-64H,3-5,7,9-11,13,15-24,26-27,29-42H2,1-2H3/b8-6-,14-12-,28-25-. The van der Waals surface area contributed by atoms with Crippen LogP contribution in [0.3, 0.4) is 0 Å². The van der Waals surface area contributed by atoms with Crippen LogP contribution in [0.2, 0.25) is 0 Å². The maximum Gasteiger partial charge on any atom is 0.306 e. The Labute approximate surface area is 421 Å². The van der Waals surface area contributed by atoms with Gasteiger partial charge in [-0.1, -0.05) is 185 Å². The fraction of sp³-hybridized carbons (Fsp3) is 0.855. The van der Waals surface area contributed by atoms with Crippen LogP contribution in [0, 0.1) is 0 Å². The average Bonchev–Trinajstić information content (AvgIpc) is 3.35. The zero-order valence-corrected chi connectivity index (χ0v) is 43.3. The molecular weight excluding hydrogens is 901 g/mol. The summed E-state index contributed by atoms with van der Waals surface area (Å²) in [4.78, 5) is 25.8. The van der Waals surface area contributed by atoms with Gasteiger partial charge in [0.15, 0.2) is 18.7 Å². The van der Waals surface area contributed by atoms with Gasteiger partial charge in [-0.3, -0.25) is 9.59 Å². The molecular formula is C55H98O15. The molecule has 0 bridgehead atoms. The fourth-order valence-electron chi connectivity index (χ4n) is 8.64. The Morgan fingerprint density at radius 2 is 0.900 bits per heavy atom. The van der Waals surface area contributed by atoms with Gasteiger partial charge in [-0.2, -0.15) is 0 Å². The third-order valence-electron chi connectivity index (χ3n) is 13.1. The van der Waals surface area contributed by atoms with Gasteiger partial charge >= 0.3 is 11.9 Å². The van der Waals surface area contributed by atoms with E-state index in [1.165, 1.54) is 109 Å². The molecule has 2 aliphatic rings. The van der Waals surface area contributed by atoms with Crippen molar-refractivity contribution in [2.45, 2.75) is 274 Å². The SMILES string of the molecule is CC/C=C\C/C=C\C/C=C\CCCCCC(=O)OC(COC(=O)CCCCCCCCCCCCCCCCCCCCCCC)COC1OC(COC2OC(CO)C(O)C(O)C2O)C(O)C(O)C1O. The maximum atomic E-state index is 13.0. The zero-order valence-electron chi connectivity index (χ0n) is 43.3. The summed E-state index contributed by atoms with van der Waals surface area (Å²) in [5.74, 6) is -0.952. The lowest BCUT2D eigenvalue weighted by Gasteiger charge is -2.42. The summed E-state index contributed by atoms with van der Waals surface area (Å²) in [6.07, 6.45) is 29.0. The number of carbonyl (C=O) groups excluding carboxylic acids is 2. The normalized spacial score (nSPS) is 25.6. The van der Waals surface area contributed by atoms with Crippen LogP contribution < -0.4 is 0 Å². The molecule has 0 amide bonds. The van der Waals surface area contributed by atoms with Gasteiger partial charge in [0.25, 0.3) is 0 Å². The van der Waals surface area contributed by atoms with Crippen molar-refractivity contribution in [3.63, 3.8) is 0 Å². The highest BCUT2D eigenvalue weighted by Crippen LogP contribution is 2.27. The van der Waals surface area contributed by atoms with Crippen molar-refractivity contribution < 1.29 is 73.8 Å². The molecule has 7 N–H and O–H groups in total. The Kier molecular flexibility index (Phi) is 38.4. The van der Waals surface area contributed by atoms with E-state index in [1.807, 2.05) is 0 Å². The van der Waals surface area contributed by atoms with E-state index in [4.69, 9.17) is 28.4 Å². The number of hydrogen-bond donors (Lipinski definition) is 7. The molecule has 0 aliphatic carbocycles. The van der Waals surface area contributed by atoms with E-state index >= 15 is 0 Å². The summed E-state index contributed by atoms with van der Waals surface area (Å²) < 4.78 is 33.6. The second kappa shape index (κ2) is 42.1. The molecule has 2 saturated heterocycles. The first-order valence-electron chi connectivity index (χ1n) is 27.6. The van der Waals surface area contributed by atoms with Crippen LogP contribution in [0.25, 0.3) is 0 Å². The van der Waals surface area contributed by atoms with Crippen molar-refractivity contribution in [3.05, 3.63) is 36.5 Å². The van der Waals surface area contributed by atoms with Crippen LogP contribution in [0.5, 0.6) is 0 Å². The Bertz CT molecular complexity index is 1360. The lowest BCUT2D eigenvalue weighted by Crippen LogP contribution is -2.61. The summed E-state index contributed by atoms with van der Waals surface area (Å²) in [5.41, 5.74) is 0. The van der Waals surface area contributed by atoms with E-state index in [9.17, 15) is 45.3 Å². The number of aliphatic hydroxyl groups excluding tert-OH is 7. The van der Waals surface area contributed by atoms with E-state index in [0.29, 0.717) is 12.8 Å². The molecule has 0 saturated carbocycles. The average molecular weight is 999 g/mol. The number of unbranched alkanes of at least 4 members (excludes halogenated alkanes) is 23. The highest BCUT2D eigenvalue weighted by Gasteiger charge is 2.47. The molecule has 11 atom stereocenters. The molecule has 2 rings (SSSR count). The number of hydrogen-bond acceptors (Lipinski definition) is 15. The number of esters is 2. The monoisotopic (exact) mass is 999 g/mol. The molecule has 2 heterocycles. The van der Waals surface area contributed by atoms with Crippen molar-refractivity contribution in [3.8, 4) is 0 Å². The largest absolute Gasteiger partial charge is 0.462 e. The summed E-state index contributed by atoms with van der Waals surface area (Å²) in [6.45, 7) is 2.47. The van der Waals surface area contributed by atoms with Crippen LogP contribution in [-0.4, -0.2) is 142 Å². The fourth-order valence-corrected chi connectivity index (χ4v) is 8.64. The van der Waals surface area contributed by atoms with Crippen molar-refractivity contribution in [2.24, 2.45) is 0 Å². The third-order valence-corrected chi connectivity index (χ3v) is 13.1. The first kappa shape index (κ1) is 63.8. The Balaban J connectivity index is 1.75. The summed E-state index contributed by atoms with van der Waals surface area (Å²) in [5, 5.41) is 72.1. The van der Waals surface area contributed by atoms with Crippen molar-refractivity contribution in [1.82, 2.24) is 0 Å². The van der Waals surface area contributed by atoms with Gasteiger partial charge in [0.05, 0.1) is 19.8 Å². The van der Waals surface area contributed by atoms with Gasteiger partial charge in [0, 0.05) is 12.8 Å². The minimum absolute atomic E-state index is 0.131. The van der Waals surface area contributed by atoms with Gasteiger partial charge in [0.1, 0.15) is 55.4 Å². The molecule has 408 valence electrons. The smallest absolute Gasteiger partial charge is 0.306 e. The van der Waals surface area contributed by atoms with Gasteiger partial charge in [-0.25, -0.2) is 0 Å². The van der Waals surface area contributed by atoms with Gasteiger partial charge < -0.3 is 64.2 Å². The number of ether oxygens (including phenoxy) is 6. The van der Waals surface area contributed by atoms with Gasteiger partial charge in [0.2, 0.25) is 0 Å². The molecule has 70 heavy (non-hydrogen) atoms. The first-order valence-corrected chi connectivity index (χ1v) is 27.6. The summed E-state index contributed by atoms with van der Waals surface area (Å²) in [6, 6.07) is 0. The van der Waals surface area contributed by atoms with E-state index in [-0.39, 0.29) is 19.4 Å². The Hall–Kier alpha value is -2.28. The Morgan fingerprint density at radius 3 is 1.41 bits per heavy atom. The minimum atomic E-state index is -1.77. The molecule has 0 radical (unpaired) electrons. The second-order valence-electron chi connectivity index (χ2n) is 19.4. The topological polar surface area (TPSA) is 231 Å². The highest BCUT2D eigenvalue weighted by atomic mass is 16.7. The van der Waals surface area contributed by atoms with Crippen LogP contribution in [0.15, 0.2) is 36.5 Å². The second-order valence-corrected chi connectivity index (χ2v) is 19.4. The highest BCUT2D eigenvalue weighted by molar-refractivity contribution is 5.70. The molecule has 2 fully saturated rings. The number of rotatable bonds is 43. The van der Waals surface area contributed by atoms with Crippen molar-refractivity contribution in [2.75, 3.05) is 26.4 Å². The van der Waals surface area contributed by atoms with Crippen LogP contribution in [0.1, 0.15) is 206 Å². The van der Waals surface area contributed by atoms with Gasteiger partial charge in [-0.15, -0.1) is 0 Å². The molecule has 0 aromatic rings. The maximum absolute atomic E-state index is 13.0. The predicted molar refractivity (Wildman–Crippen MR) is 270 cm³/mol. The quantitative estimate of drug-likeness (QED) is 0.0173. The molecule has 0 aromatic heterocycles. The minimum Gasteiger partial charge on any atom is -0.462 e. The van der Waals surface area contributed by atoms with Crippen molar-refractivity contribution in [1.29, 1.82) is 0 Å². The lowest BCUT2D eigenvalue weighted by atomic mass is 9.98. The zero-order chi connectivity index (χ0) is 51.0. The molecule has 15 nitrogen and oxygen atoms in total. The van der Waals surface area contributed by atoms with Crippen molar-refractivity contribution >= 4 is 11.9 Å². The van der Waals surface area contributed by atoms with E-state index in [2.05, 4.69) is 50.3 Å². The summed E-state index contributed by atoms with van der Waals surface area (Å²) in [7, 11) is 0. The molecule has 2 aliphatic heterocycles. The Morgan fingerprint density at radius 1 is 0.471 bits per heavy atom. The predicted octanol–water partition coefficient (Wildman–Crippen LogP) is 8.49. The van der Waals surface area contributed by atoms with Crippen LogP contribution in [0.4, 0.5) is 0 Å². The van der Waals surface area contributed by atoms with E-state index < -0.39 is 99.3 Å². The molecule has 15 heteroatoms. The van der Waals surface area contributed by atoms with Gasteiger partial charge in [-0.05, 0) is 44.9 Å². The lowest BCUT2D eigenvalue weighted by molar-refractivity contribution is -0.332. The van der Waals surface area contributed by atoms with E-state index in [1.54, 1.807) is 0 Å². The summed E-state index contributed by atoms with van der Waals surface area (Å²) >= 11 is 0. The number of allylic oxidation sites excluding steroid dienone is 6. The molecule has 0 aromatic carbocycles. The van der Waals surface area contributed by atoms with E-state index in [0.717, 1.165) is 57.8 Å². The van der Waals surface area contributed by atoms with Crippen LogP contribution >= 0.6 is 0 Å². The molecule has 0 spiro atoms. The van der Waals surface area contributed by atoms with Crippen LogP contribution in [-0.2, 0) is 38.0 Å².